The Kier molecular flexibility index (Phi) is 5.89. The van der Waals surface area contributed by atoms with Crippen molar-refractivity contribution in [1.82, 2.24) is 9.88 Å². The number of halogens is 1. The van der Waals surface area contributed by atoms with Gasteiger partial charge in [-0.3, -0.25) is 0 Å². The van der Waals surface area contributed by atoms with Gasteiger partial charge in [-0.1, -0.05) is 41.9 Å². The molecule has 3 aromatic rings. The van der Waals surface area contributed by atoms with Crippen LogP contribution in [0, 0.1) is 0 Å². The summed E-state index contributed by atoms with van der Waals surface area (Å²) in [6.07, 6.45) is 3.80. The van der Waals surface area contributed by atoms with E-state index in [9.17, 15) is 4.79 Å². The van der Waals surface area contributed by atoms with Gasteiger partial charge in [-0.25, -0.2) is 4.98 Å². The fourth-order valence-corrected chi connectivity index (χ4v) is 3.94. The number of rotatable bonds is 6. The third kappa shape index (κ3) is 4.34. The molecule has 0 radical (unpaired) electrons. The largest absolute Gasteiger partial charge is 0.490 e. The lowest BCUT2D eigenvalue weighted by molar-refractivity contribution is -0.108. The van der Waals surface area contributed by atoms with E-state index in [4.69, 9.17) is 16.3 Å². The molecule has 1 fully saturated rings. The number of nitrogens with zero attached hydrogens (tertiary/aromatic N) is 2. The summed E-state index contributed by atoms with van der Waals surface area (Å²) < 4.78 is 6.15. The summed E-state index contributed by atoms with van der Waals surface area (Å²) >= 11 is 6.41. The Morgan fingerprint density at radius 1 is 1.11 bits per heavy atom. The minimum Gasteiger partial charge on any atom is -0.490 e. The minimum absolute atomic E-state index is 0.226. The number of pyridine rings is 1. The molecule has 4 rings (SSSR count). The molecule has 1 aromatic heterocycles. The average molecular weight is 395 g/mol. The van der Waals surface area contributed by atoms with Crippen molar-refractivity contribution in [2.45, 2.75) is 25.4 Å². The summed E-state index contributed by atoms with van der Waals surface area (Å²) in [5.74, 6) is 0.875. The highest BCUT2D eigenvalue weighted by molar-refractivity contribution is 6.32. The second kappa shape index (κ2) is 8.72. The molecule has 0 saturated carbocycles. The molecule has 4 nitrogen and oxygen atoms in total. The molecular weight excluding hydrogens is 372 g/mol. The maximum atomic E-state index is 10.5. The van der Waals surface area contributed by atoms with E-state index in [1.807, 2.05) is 48.5 Å². The molecule has 2 heterocycles. The van der Waals surface area contributed by atoms with Gasteiger partial charge in [0.05, 0.1) is 5.52 Å². The first-order valence-electron chi connectivity index (χ1n) is 9.71. The summed E-state index contributed by atoms with van der Waals surface area (Å²) in [5.41, 5.74) is 2.85. The highest BCUT2D eigenvalue weighted by Gasteiger charge is 2.20. The van der Waals surface area contributed by atoms with Crippen LogP contribution in [0.5, 0.6) is 5.75 Å². The van der Waals surface area contributed by atoms with Crippen molar-refractivity contribution < 1.29 is 9.53 Å². The second-order valence-corrected chi connectivity index (χ2v) is 7.52. The van der Waals surface area contributed by atoms with E-state index in [0.717, 1.165) is 66.5 Å². The van der Waals surface area contributed by atoms with Crippen LogP contribution in [0.4, 0.5) is 0 Å². The van der Waals surface area contributed by atoms with Gasteiger partial charge in [-0.15, -0.1) is 0 Å². The molecule has 5 heteroatoms. The van der Waals surface area contributed by atoms with Crippen molar-refractivity contribution in [3.05, 3.63) is 59.8 Å². The maximum Gasteiger partial charge on any atom is 0.137 e. The third-order valence-electron chi connectivity index (χ3n) is 5.24. The van der Waals surface area contributed by atoms with Gasteiger partial charge >= 0.3 is 0 Å². The molecule has 0 unspecified atom stereocenters. The van der Waals surface area contributed by atoms with Gasteiger partial charge in [-0.05, 0) is 42.7 Å². The SMILES string of the molecule is O=CCCN1CCC(Oc2ccc(-c3cc4ccccc4nc3Cl)cc2)CC1. The number of carbonyl (C=O) groups excluding carboxylic acids is 1. The Hall–Kier alpha value is -2.43. The first-order chi connectivity index (χ1) is 13.7. The molecule has 144 valence electrons. The Morgan fingerprint density at radius 2 is 1.86 bits per heavy atom. The zero-order chi connectivity index (χ0) is 19.3. The van der Waals surface area contributed by atoms with Crippen LogP contribution >= 0.6 is 11.6 Å². The number of aromatic nitrogens is 1. The predicted octanol–water partition coefficient (Wildman–Crippen LogP) is 4.99. The number of likely N-dealkylation sites (tertiary alicyclic amines) is 1. The molecule has 1 aliphatic heterocycles. The Labute approximate surface area is 170 Å². The lowest BCUT2D eigenvalue weighted by atomic mass is 10.0. The number of aldehydes is 1. The smallest absolute Gasteiger partial charge is 0.137 e. The zero-order valence-electron chi connectivity index (χ0n) is 15.7. The standard InChI is InChI=1S/C23H23ClN2O2/c24-23-21(16-18-4-1-2-5-22(18)25-23)17-6-8-19(9-7-17)28-20-10-13-26(14-11-20)12-3-15-27/h1-2,4-9,15-16,20H,3,10-14H2. The minimum atomic E-state index is 0.226. The Balaban J connectivity index is 1.42. The number of fused-ring (bicyclic) bond motifs is 1. The van der Waals surface area contributed by atoms with E-state index in [-0.39, 0.29) is 6.10 Å². The number of ether oxygens (including phenoxy) is 1. The highest BCUT2D eigenvalue weighted by Crippen LogP contribution is 2.31. The van der Waals surface area contributed by atoms with Crippen molar-refractivity contribution in [3.8, 4) is 16.9 Å². The molecule has 0 spiro atoms. The molecule has 0 bridgehead atoms. The van der Waals surface area contributed by atoms with Gasteiger partial charge < -0.3 is 14.4 Å². The zero-order valence-corrected chi connectivity index (χ0v) is 16.4. The van der Waals surface area contributed by atoms with Gasteiger partial charge in [0.15, 0.2) is 0 Å². The molecule has 1 aliphatic rings. The Morgan fingerprint density at radius 3 is 2.61 bits per heavy atom. The maximum absolute atomic E-state index is 10.5. The average Bonchev–Trinajstić information content (AvgIpc) is 2.73. The molecule has 0 atom stereocenters. The summed E-state index contributed by atoms with van der Waals surface area (Å²) in [4.78, 5) is 17.3. The summed E-state index contributed by atoms with van der Waals surface area (Å²) in [5, 5.41) is 1.58. The fraction of sp³-hybridized carbons (Fsp3) is 0.304. The number of benzene rings is 2. The number of carbonyl (C=O) groups is 1. The van der Waals surface area contributed by atoms with Crippen LogP contribution in [-0.2, 0) is 4.79 Å². The van der Waals surface area contributed by atoms with Crippen LogP contribution in [0.3, 0.4) is 0 Å². The number of para-hydroxylation sites is 1. The summed E-state index contributed by atoms with van der Waals surface area (Å²) in [6.45, 7) is 2.81. The number of hydrogen-bond acceptors (Lipinski definition) is 4. The van der Waals surface area contributed by atoms with Gasteiger partial charge in [0, 0.05) is 37.0 Å². The van der Waals surface area contributed by atoms with Crippen molar-refractivity contribution in [2.24, 2.45) is 0 Å². The monoisotopic (exact) mass is 394 g/mol. The van der Waals surface area contributed by atoms with Crippen LogP contribution in [0.25, 0.3) is 22.0 Å². The van der Waals surface area contributed by atoms with E-state index in [1.54, 1.807) is 0 Å². The molecule has 0 amide bonds. The first kappa shape index (κ1) is 18.9. The van der Waals surface area contributed by atoms with Gasteiger partial charge in [0.1, 0.15) is 23.3 Å². The number of hydrogen-bond donors (Lipinski definition) is 0. The van der Waals surface area contributed by atoms with E-state index < -0.39 is 0 Å². The molecule has 2 aromatic carbocycles. The summed E-state index contributed by atoms with van der Waals surface area (Å²) in [6, 6.07) is 18.1. The molecule has 1 saturated heterocycles. The van der Waals surface area contributed by atoms with Crippen LogP contribution in [0.1, 0.15) is 19.3 Å². The molecule has 0 N–H and O–H groups in total. The first-order valence-corrected chi connectivity index (χ1v) is 10.1. The molecule has 28 heavy (non-hydrogen) atoms. The third-order valence-corrected chi connectivity index (χ3v) is 5.53. The lowest BCUT2D eigenvalue weighted by Gasteiger charge is -2.31. The van der Waals surface area contributed by atoms with Crippen LogP contribution in [0.15, 0.2) is 54.6 Å². The topological polar surface area (TPSA) is 42.4 Å². The second-order valence-electron chi connectivity index (χ2n) is 7.16. The molecular formula is C23H23ClN2O2. The van der Waals surface area contributed by atoms with Crippen molar-refractivity contribution in [3.63, 3.8) is 0 Å². The Bertz CT molecular complexity index is 950. The summed E-state index contributed by atoms with van der Waals surface area (Å²) in [7, 11) is 0. The van der Waals surface area contributed by atoms with Crippen LogP contribution in [-0.4, -0.2) is 41.9 Å². The van der Waals surface area contributed by atoms with E-state index >= 15 is 0 Å². The van der Waals surface area contributed by atoms with Gasteiger partial charge in [0.25, 0.3) is 0 Å². The highest BCUT2D eigenvalue weighted by atomic mass is 35.5. The lowest BCUT2D eigenvalue weighted by Crippen LogP contribution is -2.38. The van der Waals surface area contributed by atoms with Gasteiger partial charge in [-0.2, -0.15) is 0 Å². The van der Waals surface area contributed by atoms with Crippen molar-refractivity contribution in [2.75, 3.05) is 19.6 Å². The van der Waals surface area contributed by atoms with Crippen LogP contribution < -0.4 is 4.74 Å². The van der Waals surface area contributed by atoms with E-state index in [0.29, 0.717) is 11.6 Å². The van der Waals surface area contributed by atoms with E-state index in [2.05, 4.69) is 16.0 Å². The van der Waals surface area contributed by atoms with Crippen molar-refractivity contribution in [1.29, 1.82) is 0 Å². The normalized spacial score (nSPS) is 15.6. The van der Waals surface area contributed by atoms with Crippen LogP contribution in [0.2, 0.25) is 5.15 Å². The predicted molar refractivity (Wildman–Crippen MR) is 113 cm³/mol. The fourth-order valence-electron chi connectivity index (χ4n) is 3.69. The van der Waals surface area contributed by atoms with Gasteiger partial charge in [0.2, 0.25) is 0 Å². The quantitative estimate of drug-likeness (QED) is 0.436. The van der Waals surface area contributed by atoms with Crippen molar-refractivity contribution >= 4 is 28.8 Å². The molecule has 0 aliphatic carbocycles. The number of piperidine rings is 1. The van der Waals surface area contributed by atoms with E-state index in [1.165, 1.54) is 0 Å².